The molecule has 1 unspecified atom stereocenters. The van der Waals surface area contributed by atoms with Crippen LogP contribution in [-0.4, -0.2) is 10.9 Å². The summed E-state index contributed by atoms with van der Waals surface area (Å²) in [4.78, 5) is 16.7. The normalized spacial score (nSPS) is 11.6. The van der Waals surface area contributed by atoms with Crippen molar-refractivity contribution in [2.45, 2.75) is 19.9 Å². The molecule has 2 N–H and O–H groups in total. The number of hydrogen-bond acceptors (Lipinski definition) is 3. The average Bonchev–Trinajstić information content (AvgIpc) is 2.64. The Morgan fingerprint density at radius 3 is 2.36 bits per heavy atom. The molecule has 0 fully saturated rings. The Labute approximate surface area is 147 Å². The zero-order chi connectivity index (χ0) is 17.6. The van der Waals surface area contributed by atoms with Crippen molar-refractivity contribution in [3.63, 3.8) is 0 Å². The minimum absolute atomic E-state index is 0.127. The number of aromatic nitrogens is 1. The number of carbonyl (C=O) groups is 1. The number of nitrogens with one attached hydrogen (secondary N) is 2. The van der Waals surface area contributed by atoms with E-state index in [1.54, 1.807) is 6.20 Å². The highest BCUT2D eigenvalue weighted by atomic mass is 16.1. The van der Waals surface area contributed by atoms with Gasteiger partial charge in [-0.2, -0.15) is 0 Å². The topological polar surface area (TPSA) is 54.0 Å². The highest BCUT2D eigenvalue weighted by molar-refractivity contribution is 6.05. The van der Waals surface area contributed by atoms with Gasteiger partial charge in [0.2, 0.25) is 0 Å². The maximum absolute atomic E-state index is 12.3. The van der Waals surface area contributed by atoms with Gasteiger partial charge in [0.25, 0.3) is 5.91 Å². The second-order valence-corrected chi connectivity index (χ2v) is 5.98. The Bertz CT molecular complexity index is 845. The third kappa shape index (κ3) is 4.23. The van der Waals surface area contributed by atoms with Crippen LogP contribution in [0.5, 0.6) is 0 Å². The third-order valence-electron chi connectivity index (χ3n) is 4.08. The lowest BCUT2D eigenvalue weighted by Gasteiger charge is -2.15. The summed E-state index contributed by atoms with van der Waals surface area (Å²) in [6.45, 7) is 4.01. The van der Waals surface area contributed by atoms with Crippen LogP contribution < -0.4 is 10.6 Å². The number of benzene rings is 2. The molecule has 1 aromatic heterocycles. The van der Waals surface area contributed by atoms with Crippen LogP contribution in [0.1, 0.15) is 34.5 Å². The molecule has 1 heterocycles. The summed E-state index contributed by atoms with van der Waals surface area (Å²) < 4.78 is 0. The van der Waals surface area contributed by atoms with E-state index >= 15 is 0 Å². The van der Waals surface area contributed by atoms with E-state index in [0.29, 0.717) is 11.3 Å². The minimum Gasteiger partial charge on any atom is -0.364 e. The van der Waals surface area contributed by atoms with Gasteiger partial charge in [-0.25, -0.2) is 4.98 Å². The number of carbonyl (C=O) groups excluding carboxylic acids is 1. The van der Waals surface area contributed by atoms with Crippen LogP contribution in [0.3, 0.4) is 0 Å². The first-order chi connectivity index (χ1) is 12.1. The van der Waals surface area contributed by atoms with Gasteiger partial charge in [0.15, 0.2) is 0 Å². The van der Waals surface area contributed by atoms with Crippen molar-refractivity contribution >= 4 is 17.4 Å². The number of pyridine rings is 1. The minimum atomic E-state index is -0.127. The molecule has 0 saturated heterocycles. The largest absolute Gasteiger partial charge is 0.364 e. The molecule has 3 aromatic rings. The molecule has 0 aliphatic heterocycles. The SMILES string of the molecule is Cc1ccccc1C(=O)Nc1ccc(NC(C)c2ccccc2)nc1. The number of hydrogen-bond donors (Lipinski definition) is 2. The zero-order valence-electron chi connectivity index (χ0n) is 14.4. The first kappa shape index (κ1) is 16.7. The maximum Gasteiger partial charge on any atom is 0.255 e. The predicted octanol–water partition coefficient (Wildman–Crippen LogP) is 4.82. The molecular formula is C21H21N3O. The molecule has 1 amide bonds. The summed E-state index contributed by atoms with van der Waals surface area (Å²) in [5.74, 6) is 0.642. The summed E-state index contributed by atoms with van der Waals surface area (Å²) in [6.07, 6.45) is 1.66. The molecule has 2 aromatic carbocycles. The Balaban J connectivity index is 1.64. The third-order valence-corrected chi connectivity index (χ3v) is 4.08. The van der Waals surface area contributed by atoms with E-state index in [9.17, 15) is 4.79 Å². The maximum atomic E-state index is 12.3. The number of aryl methyl sites for hydroxylation is 1. The summed E-state index contributed by atoms with van der Waals surface area (Å²) in [5, 5.41) is 6.24. The lowest BCUT2D eigenvalue weighted by Crippen LogP contribution is -2.13. The van der Waals surface area contributed by atoms with E-state index in [1.807, 2.05) is 61.5 Å². The van der Waals surface area contributed by atoms with Crippen LogP contribution in [0.2, 0.25) is 0 Å². The van der Waals surface area contributed by atoms with Gasteiger partial charge in [-0.1, -0.05) is 48.5 Å². The quantitative estimate of drug-likeness (QED) is 0.705. The van der Waals surface area contributed by atoms with Gasteiger partial charge >= 0.3 is 0 Å². The van der Waals surface area contributed by atoms with E-state index in [1.165, 1.54) is 5.56 Å². The van der Waals surface area contributed by atoms with E-state index in [2.05, 4.69) is 34.7 Å². The molecule has 0 aliphatic carbocycles. The van der Waals surface area contributed by atoms with E-state index in [4.69, 9.17) is 0 Å². The lowest BCUT2D eigenvalue weighted by molar-refractivity contribution is 0.102. The summed E-state index contributed by atoms with van der Waals surface area (Å²) in [6, 6.07) is 21.6. The molecular weight excluding hydrogens is 310 g/mol. The molecule has 126 valence electrons. The fraction of sp³-hybridized carbons (Fsp3) is 0.143. The fourth-order valence-electron chi connectivity index (χ4n) is 2.63. The van der Waals surface area contributed by atoms with Crippen molar-refractivity contribution in [2.75, 3.05) is 10.6 Å². The number of nitrogens with zero attached hydrogens (tertiary/aromatic N) is 1. The molecule has 0 bridgehead atoms. The molecule has 0 saturated carbocycles. The van der Waals surface area contributed by atoms with Crippen molar-refractivity contribution in [1.29, 1.82) is 0 Å². The second-order valence-electron chi connectivity index (χ2n) is 5.98. The van der Waals surface area contributed by atoms with Gasteiger partial charge in [0.1, 0.15) is 5.82 Å². The average molecular weight is 331 g/mol. The molecule has 0 aliphatic rings. The van der Waals surface area contributed by atoms with Crippen LogP contribution in [0, 0.1) is 6.92 Å². The standard InChI is InChI=1S/C21H21N3O/c1-15-8-6-7-11-19(15)21(25)24-18-12-13-20(22-14-18)23-16(2)17-9-4-3-5-10-17/h3-14,16H,1-2H3,(H,22,23)(H,24,25). The van der Waals surface area contributed by atoms with Crippen molar-refractivity contribution in [3.8, 4) is 0 Å². The zero-order valence-corrected chi connectivity index (χ0v) is 14.4. The molecule has 0 radical (unpaired) electrons. The Morgan fingerprint density at radius 1 is 0.960 bits per heavy atom. The lowest BCUT2D eigenvalue weighted by atomic mass is 10.1. The molecule has 4 heteroatoms. The fourth-order valence-corrected chi connectivity index (χ4v) is 2.63. The van der Waals surface area contributed by atoms with Crippen LogP contribution in [0.15, 0.2) is 72.9 Å². The monoisotopic (exact) mass is 331 g/mol. The highest BCUT2D eigenvalue weighted by Gasteiger charge is 2.09. The van der Waals surface area contributed by atoms with Gasteiger partial charge < -0.3 is 10.6 Å². The van der Waals surface area contributed by atoms with Crippen molar-refractivity contribution in [1.82, 2.24) is 4.98 Å². The number of rotatable bonds is 5. The summed E-state index contributed by atoms with van der Waals surface area (Å²) in [5.41, 5.74) is 3.48. The first-order valence-electron chi connectivity index (χ1n) is 8.28. The van der Waals surface area contributed by atoms with Gasteiger partial charge in [-0.3, -0.25) is 4.79 Å². The molecule has 4 nitrogen and oxygen atoms in total. The number of anilines is 2. The van der Waals surface area contributed by atoms with Crippen LogP contribution in [0.4, 0.5) is 11.5 Å². The highest BCUT2D eigenvalue weighted by Crippen LogP contribution is 2.19. The molecule has 1 atom stereocenters. The van der Waals surface area contributed by atoms with Crippen LogP contribution in [-0.2, 0) is 0 Å². The molecule has 0 spiro atoms. The second kappa shape index (κ2) is 7.62. The molecule has 25 heavy (non-hydrogen) atoms. The molecule has 3 rings (SSSR count). The van der Waals surface area contributed by atoms with Crippen LogP contribution >= 0.6 is 0 Å². The van der Waals surface area contributed by atoms with Gasteiger partial charge in [-0.05, 0) is 43.2 Å². The first-order valence-corrected chi connectivity index (χ1v) is 8.28. The van der Waals surface area contributed by atoms with E-state index in [0.717, 1.165) is 11.4 Å². The number of amides is 1. The Kier molecular flexibility index (Phi) is 5.09. The Morgan fingerprint density at radius 2 is 1.68 bits per heavy atom. The van der Waals surface area contributed by atoms with Gasteiger partial charge in [0.05, 0.1) is 11.9 Å². The van der Waals surface area contributed by atoms with Gasteiger partial charge in [-0.15, -0.1) is 0 Å². The van der Waals surface area contributed by atoms with Crippen LogP contribution in [0.25, 0.3) is 0 Å². The van der Waals surface area contributed by atoms with Crippen molar-refractivity contribution in [2.24, 2.45) is 0 Å². The smallest absolute Gasteiger partial charge is 0.255 e. The van der Waals surface area contributed by atoms with Crippen molar-refractivity contribution < 1.29 is 4.79 Å². The summed E-state index contributed by atoms with van der Waals surface area (Å²) >= 11 is 0. The van der Waals surface area contributed by atoms with Gasteiger partial charge in [0, 0.05) is 11.6 Å². The summed E-state index contributed by atoms with van der Waals surface area (Å²) in [7, 11) is 0. The van der Waals surface area contributed by atoms with E-state index in [-0.39, 0.29) is 11.9 Å². The van der Waals surface area contributed by atoms with Crippen molar-refractivity contribution in [3.05, 3.63) is 89.6 Å². The predicted molar refractivity (Wildman–Crippen MR) is 102 cm³/mol. The van der Waals surface area contributed by atoms with E-state index < -0.39 is 0 Å². The Hall–Kier alpha value is -3.14.